The van der Waals surface area contributed by atoms with E-state index < -0.39 is 0 Å². The fourth-order valence-corrected chi connectivity index (χ4v) is 5.69. The van der Waals surface area contributed by atoms with Gasteiger partial charge in [0.1, 0.15) is 0 Å². The molecule has 0 aromatic heterocycles. The van der Waals surface area contributed by atoms with Crippen LogP contribution in [0.5, 0.6) is 0 Å². The molecule has 0 aromatic carbocycles. The van der Waals surface area contributed by atoms with Gasteiger partial charge in [-0.25, -0.2) is 0 Å². The van der Waals surface area contributed by atoms with Crippen molar-refractivity contribution in [2.75, 3.05) is 26.2 Å². The lowest BCUT2D eigenvalue weighted by Crippen LogP contribution is -2.49. The third kappa shape index (κ3) is 11.3. The van der Waals surface area contributed by atoms with Gasteiger partial charge in [0.2, 0.25) is 0 Å². The molecule has 1 N–H and O–H groups in total. The minimum Gasteiger partial charge on any atom is -0.378 e. The molecule has 0 radical (unpaired) electrons. The van der Waals surface area contributed by atoms with E-state index in [1.807, 2.05) is 0 Å². The van der Waals surface area contributed by atoms with E-state index in [0.717, 1.165) is 24.5 Å². The molecule has 2 atom stereocenters. The van der Waals surface area contributed by atoms with Crippen molar-refractivity contribution in [2.24, 2.45) is 11.8 Å². The van der Waals surface area contributed by atoms with E-state index in [9.17, 15) is 0 Å². The normalized spacial score (nSPS) is 24.4. The molecular weight excluding hydrogens is 392 g/mol. The van der Waals surface area contributed by atoms with Gasteiger partial charge in [-0.2, -0.15) is 0 Å². The average molecular weight is 451 g/mol. The molecular formula is C29H58N2O. The zero-order valence-electron chi connectivity index (χ0n) is 22.4. The molecule has 0 bridgehead atoms. The van der Waals surface area contributed by atoms with Gasteiger partial charge >= 0.3 is 0 Å². The molecule has 0 spiro atoms. The van der Waals surface area contributed by atoms with Crippen molar-refractivity contribution in [3.05, 3.63) is 0 Å². The predicted molar refractivity (Wildman–Crippen MR) is 140 cm³/mol. The molecule has 2 rings (SSSR count). The first kappa shape index (κ1) is 28.1. The summed E-state index contributed by atoms with van der Waals surface area (Å²) in [6.45, 7) is 14.3. The zero-order valence-corrected chi connectivity index (χ0v) is 22.4. The van der Waals surface area contributed by atoms with Gasteiger partial charge in [0.05, 0.1) is 6.10 Å². The maximum absolute atomic E-state index is 6.34. The van der Waals surface area contributed by atoms with E-state index in [-0.39, 0.29) is 0 Å². The molecule has 1 saturated heterocycles. The summed E-state index contributed by atoms with van der Waals surface area (Å²) in [5.41, 5.74) is 0. The zero-order chi connectivity index (χ0) is 23.0. The quantitative estimate of drug-likeness (QED) is 0.205. The van der Waals surface area contributed by atoms with Gasteiger partial charge in [-0.15, -0.1) is 0 Å². The first-order valence-electron chi connectivity index (χ1n) is 14.8. The standard InChI is InChI=1S/C29H58N2O/c1-5-9-12-15-25(14-11-7-3)23-31-19-17-26(18-20-31)24-32-29-21-28(22-29)30-27(8-4)16-13-10-6-2/h25-30H,5-24H2,1-4H3/t25?,27?,28-,29-. The van der Waals surface area contributed by atoms with Gasteiger partial charge in [-0.1, -0.05) is 79.1 Å². The topological polar surface area (TPSA) is 24.5 Å². The van der Waals surface area contributed by atoms with Gasteiger partial charge in [0, 0.05) is 25.2 Å². The molecule has 2 fully saturated rings. The van der Waals surface area contributed by atoms with Crippen LogP contribution in [0.3, 0.4) is 0 Å². The van der Waals surface area contributed by atoms with Crippen molar-refractivity contribution in [1.29, 1.82) is 0 Å². The third-order valence-corrected chi connectivity index (χ3v) is 8.19. The number of unbranched alkanes of at least 4 members (excludes halogenated alkanes) is 5. The van der Waals surface area contributed by atoms with Gasteiger partial charge in [0.25, 0.3) is 0 Å². The Morgan fingerprint density at radius 2 is 1.44 bits per heavy atom. The fourth-order valence-electron chi connectivity index (χ4n) is 5.69. The van der Waals surface area contributed by atoms with E-state index in [2.05, 4.69) is 37.9 Å². The van der Waals surface area contributed by atoms with Gasteiger partial charge in [-0.3, -0.25) is 0 Å². The second-order valence-electron chi connectivity index (χ2n) is 11.1. The first-order valence-corrected chi connectivity index (χ1v) is 14.8. The summed E-state index contributed by atoms with van der Waals surface area (Å²) >= 11 is 0. The number of ether oxygens (including phenoxy) is 1. The lowest BCUT2D eigenvalue weighted by atomic mass is 9.87. The molecule has 1 aliphatic heterocycles. The molecule has 3 nitrogen and oxygen atoms in total. The molecule has 2 unspecified atom stereocenters. The Balaban J connectivity index is 1.55. The number of likely N-dealkylation sites (tertiary alicyclic amines) is 1. The summed E-state index contributed by atoms with van der Waals surface area (Å²) in [5.74, 6) is 1.73. The third-order valence-electron chi connectivity index (χ3n) is 8.19. The smallest absolute Gasteiger partial charge is 0.0605 e. The minimum atomic E-state index is 0.524. The van der Waals surface area contributed by atoms with Crippen molar-refractivity contribution in [3.63, 3.8) is 0 Å². The Morgan fingerprint density at radius 1 is 0.812 bits per heavy atom. The van der Waals surface area contributed by atoms with E-state index in [4.69, 9.17) is 4.74 Å². The number of piperidine rings is 1. The van der Waals surface area contributed by atoms with E-state index in [1.165, 1.54) is 122 Å². The van der Waals surface area contributed by atoms with Gasteiger partial charge < -0.3 is 15.0 Å². The van der Waals surface area contributed by atoms with Crippen molar-refractivity contribution >= 4 is 0 Å². The maximum atomic E-state index is 6.34. The van der Waals surface area contributed by atoms with Crippen LogP contribution in [0.25, 0.3) is 0 Å². The predicted octanol–water partition coefficient (Wildman–Crippen LogP) is 7.58. The Morgan fingerprint density at radius 3 is 2.06 bits per heavy atom. The van der Waals surface area contributed by atoms with Crippen LogP contribution in [0, 0.1) is 11.8 Å². The number of hydrogen-bond donors (Lipinski definition) is 1. The van der Waals surface area contributed by atoms with Crippen LogP contribution in [-0.2, 0) is 4.74 Å². The second-order valence-corrected chi connectivity index (χ2v) is 11.1. The summed E-state index contributed by atoms with van der Waals surface area (Å²) in [6, 6.07) is 1.43. The fraction of sp³-hybridized carbons (Fsp3) is 1.00. The second kappa shape index (κ2) is 17.3. The largest absolute Gasteiger partial charge is 0.378 e. The molecule has 1 heterocycles. The molecule has 32 heavy (non-hydrogen) atoms. The summed E-state index contributed by atoms with van der Waals surface area (Å²) in [4.78, 5) is 2.77. The van der Waals surface area contributed by atoms with Crippen LogP contribution in [-0.4, -0.2) is 49.3 Å². The van der Waals surface area contributed by atoms with E-state index >= 15 is 0 Å². The molecule has 1 saturated carbocycles. The molecule has 2 aliphatic rings. The molecule has 190 valence electrons. The van der Waals surface area contributed by atoms with Gasteiger partial charge in [-0.05, 0) is 76.3 Å². The van der Waals surface area contributed by atoms with Crippen LogP contribution in [0.2, 0.25) is 0 Å². The minimum absolute atomic E-state index is 0.524. The van der Waals surface area contributed by atoms with Crippen LogP contribution >= 0.6 is 0 Å². The number of nitrogens with one attached hydrogen (secondary N) is 1. The van der Waals surface area contributed by atoms with Crippen molar-refractivity contribution < 1.29 is 4.74 Å². The molecule has 1 aliphatic carbocycles. The number of nitrogens with zero attached hydrogens (tertiary/aromatic N) is 1. The van der Waals surface area contributed by atoms with E-state index in [0.29, 0.717) is 12.1 Å². The van der Waals surface area contributed by atoms with Crippen LogP contribution in [0.1, 0.15) is 130 Å². The SMILES string of the molecule is CCCCCC(CCCC)CN1CCC(CO[C@H]2C[C@H](NC(CC)CCCCC)C2)CC1. The summed E-state index contributed by atoms with van der Waals surface area (Å²) in [6.07, 6.45) is 22.2. The Labute approximate surface area is 201 Å². The van der Waals surface area contributed by atoms with Crippen molar-refractivity contribution in [2.45, 2.75) is 149 Å². The maximum Gasteiger partial charge on any atom is 0.0605 e. The number of rotatable bonds is 19. The highest BCUT2D eigenvalue weighted by atomic mass is 16.5. The van der Waals surface area contributed by atoms with Gasteiger partial charge in [0.15, 0.2) is 0 Å². The summed E-state index contributed by atoms with van der Waals surface area (Å²) < 4.78 is 6.34. The summed E-state index contributed by atoms with van der Waals surface area (Å²) in [5, 5.41) is 3.90. The Kier molecular flexibility index (Phi) is 15.2. The first-order chi connectivity index (χ1) is 15.7. The van der Waals surface area contributed by atoms with Crippen molar-refractivity contribution in [1.82, 2.24) is 10.2 Å². The molecule has 0 amide bonds. The van der Waals surface area contributed by atoms with Crippen LogP contribution in [0.15, 0.2) is 0 Å². The number of hydrogen-bond acceptors (Lipinski definition) is 3. The molecule has 3 heteroatoms. The van der Waals surface area contributed by atoms with Crippen LogP contribution < -0.4 is 5.32 Å². The van der Waals surface area contributed by atoms with E-state index in [1.54, 1.807) is 0 Å². The molecule has 0 aromatic rings. The Hall–Kier alpha value is -0.120. The van der Waals surface area contributed by atoms with Crippen LogP contribution in [0.4, 0.5) is 0 Å². The Bertz CT molecular complexity index is 429. The average Bonchev–Trinajstić information content (AvgIpc) is 2.78. The highest BCUT2D eigenvalue weighted by Gasteiger charge is 2.32. The highest BCUT2D eigenvalue weighted by Crippen LogP contribution is 2.28. The highest BCUT2D eigenvalue weighted by molar-refractivity contribution is 4.88. The van der Waals surface area contributed by atoms with Crippen molar-refractivity contribution in [3.8, 4) is 0 Å². The lowest BCUT2D eigenvalue weighted by molar-refractivity contribution is -0.0429. The monoisotopic (exact) mass is 450 g/mol. The lowest BCUT2D eigenvalue weighted by Gasteiger charge is -2.40. The summed E-state index contributed by atoms with van der Waals surface area (Å²) in [7, 11) is 0.